The fraction of sp³-hybridized carbons (Fsp3) is 0.700. The molecule has 0 aromatic carbocycles. The Morgan fingerprint density at radius 2 is 1.86 bits per heavy atom. The molecule has 0 saturated carbocycles. The van der Waals surface area contributed by atoms with E-state index in [0.29, 0.717) is 5.92 Å². The molecule has 0 aromatic rings. The average molecular weight is 306 g/mol. The van der Waals surface area contributed by atoms with Crippen LogP contribution in [0.4, 0.5) is 0 Å². The van der Waals surface area contributed by atoms with Gasteiger partial charge in [-0.1, -0.05) is 43.7 Å². The van der Waals surface area contributed by atoms with Gasteiger partial charge in [0.05, 0.1) is 11.7 Å². The summed E-state index contributed by atoms with van der Waals surface area (Å²) in [7, 11) is 0. The maximum Gasteiger partial charge on any atom is 0.0802 e. The van der Waals surface area contributed by atoms with Crippen LogP contribution in [-0.2, 0) is 0 Å². The summed E-state index contributed by atoms with van der Waals surface area (Å²) in [5, 5.41) is 20.9. The van der Waals surface area contributed by atoms with E-state index < -0.39 is 11.7 Å². The molecular weight excluding hydrogens is 272 g/mol. The number of aliphatic hydroxyl groups excluding tert-OH is 1. The molecule has 0 radical (unpaired) electrons. The smallest absolute Gasteiger partial charge is 0.0802 e. The van der Waals surface area contributed by atoms with Gasteiger partial charge in [0, 0.05) is 0 Å². The van der Waals surface area contributed by atoms with Crippen LogP contribution in [0.5, 0.6) is 0 Å². The van der Waals surface area contributed by atoms with Crippen molar-refractivity contribution in [3.63, 3.8) is 0 Å². The van der Waals surface area contributed by atoms with Gasteiger partial charge in [0.2, 0.25) is 0 Å². The Morgan fingerprint density at radius 1 is 1.18 bits per heavy atom. The summed E-state index contributed by atoms with van der Waals surface area (Å²) in [4.78, 5) is 0. The number of aliphatic hydroxyl groups is 2. The van der Waals surface area contributed by atoms with E-state index in [0.717, 1.165) is 37.7 Å². The van der Waals surface area contributed by atoms with Gasteiger partial charge >= 0.3 is 0 Å². The molecule has 1 rings (SSSR count). The zero-order chi connectivity index (χ0) is 16.8. The van der Waals surface area contributed by atoms with E-state index >= 15 is 0 Å². The highest BCUT2D eigenvalue weighted by atomic mass is 16.3. The van der Waals surface area contributed by atoms with Gasteiger partial charge in [-0.05, 0) is 70.3 Å². The Hall–Kier alpha value is -0.860. The van der Waals surface area contributed by atoms with Crippen molar-refractivity contribution in [2.24, 2.45) is 11.8 Å². The van der Waals surface area contributed by atoms with Gasteiger partial charge in [-0.2, -0.15) is 0 Å². The molecule has 0 aromatic heterocycles. The maximum absolute atomic E-state index is 10.5. The van der Waals surface area contributed by atoms with E-state index in [1.165, 1.54) is 5.57 Å². The summed E-state index contributed by atoms with van der Waals surface area (Å²) in [6.45, 7) is 10.4. The second-order valence-corrected chi connectivity index (χ2v) is 7.45. The van der Waals surface area contributed by atoms with Crippen LogP contribution in [0.15, 0.2) is 35.5 Å². The van der Waals surface area contributed by atoms with Gasteiger partial charge in [-0.25, -0.2) is 0 Å². The van der Waals surface area contributed by atoms with Gasteiger partial charge in [0.15, 0.2) is 0 Å². The van der Waals surface area contributed by atoms with Gasteiger partial charge < -0.3 is 10.2 Å². The van der Waals surface area contributed by atoms with Crippen molar-refractivity contribution in [2.75, 3.05) is 0 Å². The van der Waals surface area contributed by atoms with Crippen molar-refractivity contribution in [2.45, 2.75) is 78.4 Å². The van der Waals surface area contributed by atoms with Crippen LogP contribution in [0.2, 0.25) is 0 Å². The number of allylic oxidation sites excluding steroid dienone is 4. The normalized spacial score (nSPS) is 38.5. The summed E-state index contributed by atoms with van der Waals surface area (Å²) >= 11 is 0. The number of hydrogen-bond donors (Lipinski definition) is 2. The lowest BCUT2D eigenvalue weighted by Crippen LogP contribution is -2.22. The van der Waals surface area contributed by atoms with Crippen LogP contribution in [0.3, 0.4) is 0 Å². The third-order valence-electron chi connectivity index (χ3n) is 4.73. The molecule has 2 N–H and O–H groups in total. The predicted molar refractivity (Wildman–Crippen MR) is 94.7 cm³/mol. The average Bonchev–Trinajstić information content (AvgIpc) is 2.41. The fourth-order valence-corrected chi connectivity index (χ4v) is 2.81. The molecule has 3 atom stereocenters. The third kappa shape index (κ3) is 6.93. The topological polar surface area (TPSA) is 40.5 Å². The molecular formula is C20H34O2. The summed E-state index contributed by atoms with van der Waals surface area (Å²) in [6.07, 6.45) is 12.4. The lowest BCUT2D eigenvalue weighted by molar-refractivity contribution is 0.101. The molecule has 2 heteroatoms. The first-order valence-corrected chi connectivity index (χ1v) is 8.63. The molecule has 0 fully saturated rings. The van der Waals surface area contributed by atoms with E-state index in [4.69, 9.17) is 0 Å². The second-order valence-electron chi connectivity index (χ2n) is 7.45. The van der Waals surface area contributed by atoms with Gasteiger partial charge in [-0.3, -0.25) is 0 Å². The molecule has 0 amide bonds. The Bertz CT molecular complexity index is 427. The quantitative estimate of drug-likeness (QED) is 0.684. The Balaban J connectivity index is 2.98. The molecule has 0 aliphatic heterocycles. The molecule has 2 nitrogen and oxygen atoms in total. The van der Waals surface area contributed by atoms with E-state index in [2.05, 4.69) is 39.0 Å². The molecule has 1 aliphatic carbocycles. The highest BCUT2D eigenvalue weighted by Gasteiger charge is 2.20. The minimum Gasteiger partial charge on any atom is -0.389 e. The highest BCUT2D eigenvalue weighted by Crippen LogP contribution is 2.25. The SMILES string of the molecule is C/C1=C\CC[C@@](C)(O)/C=C/[C@H](C(C)C)C[C@@H](O)/C(C)=C/CC1. The van der Waals surface area contributed by atoms with Gasteiger partial charge in [0.1, 0.15) is 0 Å². The summed E-state index contributed by atoms with van der Waals surface area (Å²) in [5.74, 6) is 0.731. The van der Waals surface area contributed by atoms with Gasteiger partial charge in [-0.15, -0.1) is 0 Å². The summed E-state index contributed by atoms with van der Waals surface area (Å²) < 4.78 is 0. The van der Waals surface area contributed by atoms with Crippen LogP contribution >= 0.6 is 0 Å². The van der Waals surface area contributed by atoms with Crippen molar-refractivity contribution in [1.82, 2.24) is 0 Å². The maximum atomic E-state index is 10.5. The summed E-state index contributed by atoms with van der Waals surface area (Å²) in [5.41, 5.74) is 1.65. The van der Waals surface area contributed by atoms with Crippen LogP contribution in [0, 0.1) is 11.8 Å². The first-order chi connectivity index (χ1) is 10.2. The monoisotopic (exact) mass is 306 g/mol. The fourth-order valence-electron chi connectivity index (χ4n) is 2.81. The van der Waals surface area contributed by atoms with Crippen molar-refractivity contribution >= 4 is 0 Å². The van der Waals surface area contributed by atoms with E-state index in [1.54, 1.807) is 0 Å². The van der Waals surface area contributed by atoms with Crippen LogP contribution < -0.4 is 0 Å². The molecule has 126 valence electrons. The molecule has 0 heterocycles. The van der Waals surface area contributed by atoms with Crippen LogP contribution in [-0.4, -0.2) is 21.9 Å². The zero-order valence-corrected chi connectivity index (χ0v) is 15.0. The molecule has 0 unspecified atom stereocenters. The molecule has 0 saturated heterocycles. The first-order valence-electron chi connectivity index (χ1n) is 8.63. The Kier molecular flexibility index (Phi) is 7.58. The largest absolute Gasteiger partial charge is 0.389 e. The molecule has 0 spiro atoms. The Morgan fingerprint density at radius 3 is 2.50 bits per heavy atom. The van der Waals surface area contributed by atoms with E-state index in [1.807, 2.05) is 19.9 Å². The molecule has 0 bridgehead atoms. The minimum atomic E-state index is -0.774. The highest BCUT2D eigenvalue weighted by molar-refractivity contribution is 5.11. The molecule has 22 heavy (non-hydrogen) atoms. The second kappa shape index (κ2) is 8.69. The van der Waals surface area contributed by atoms with Crippen LogP contribution in [0.1, 0.15) is 66.7 Å². The lowest BCUT2D eigenvalue weighted by atomic mass is 9.85. The minimum absolute atomic E-state index is 0.282. The predicted octanol–water partition coefficient (Wildman–Crippen LogP) is 4.78. The third-order valence-corrected chi connectivity index (χ3v) is 4.73. The van der Waals surface area contributed by atoms with Crippen LogP contribution in [0.25, 0.3) is 0 Å². The number of rotatable bonds is 1. The van der Waals surface area contributed by atoms with Crippen molar-refractivity contribution in [1.29, 1.82) is 0 Å². The van der Waals surface area contributed by atoms with Gasteiger partial charge in [0.25, 0.3) is 0 Å². The van der Waals surface area contributed by atoms with Crippen molar-refractivity contribution in [3.05, 3.63) is 35.5 Å². The van der Waals surface area contributed by atoms with Crippen molar-refractivity contribution < 1.29 is 10.2 Å². The van der Waals surface area contributed by atoms with E-state index in [-0.39, 0.29) is 5.92 Å². The number of hydrogen-bond acceptors (Lipinski definition) is 2. The van der Waals surface area contributed by atoms with Crippen molar-refractivity contribution in [3.8, 4) is 0 Å². The first kappa shape index (κ1) is 19.2. The standard InChI is InChI=1S/C20H34O2/c1-15(2)18-11-13-20(5,22)12-7-9-16(3)8-6-10-17(4)19(21)14-18/h9-11,13,15,18-19,21-22H,6-8,12,14H2,1-5H3/b13-11+,16-9+,17-10+/t18-,19+,20+/m0/s1. The Labute approximate surface area is 136 Å². The van der Waals surface area contributed by atoms with E-state index in [9.17, 15) is 10.2 Å². The zero-order valence-electron chi connectivity index (χ0n) is 15.0. The molecule has 1 aliphatic rings. The summed E-state index contributed by atoms with van der Waals surface area (Å²) in [6, 6.07) is 0. The lowest BCUT2D eigenvalue weighted by Gasteiger charge is -2.24.